The van der Waals surface area contributed by atoms with Crippen LogP contribution in [0.4, 0.5) is 0 Å². The second-order valence-corrected chi connectivity index (χ2v) is 12.5. The maximum absolute atomic E-state index is 2.34. The fourth-order valence-corrected chi connectivity index (χ4v) is 5.51. The van der Waals surface area contributed by atoms with Crippen LogP contribution in [-0.4, -0.2) is 0 Å². The Labute approximate surface area is 151 Å². The van der Waals surface area contributed by atoms with E-state index in [9.17, 15) is 0 Å². The molecular weight excluding hydrogens is 296 g/mol. The Bertz CT molecular complexity index is 398. The average Bonchev–Trinajstić information content (AvgIpc) is 2.59. The van der Waals surface area contributed by atoms with Crippen molar-refractivity contribution in [3.8, 4) is 0 Å². The molecule has 0 saturated carbocycles. The SMILES string of the molecule is CC(C)(C)C(c1cccs1)C(C)(C)C.CC(C)(C)CC(C)(C)C. The monoisotopic (exact) mass is 338 g/mol. The highest BCUT2D eigenvalue weighted by atomic mass is 32.1. The molecule has 0 unspecified atom stereocenters. The van der Waals surface area contributed by atoms with Gasteiger partial charge in [-0.3, -0.25) is 0 Å². The van der Waals surface area contributed by atoms with Gasteiger partial charge in [-0.2, -0.15) is 0 Å². The lowest BCUT2D eigenvalue weighted by atomic mass is 9.66. The van der Waals surface area contributed by atoms with Crippen LogP contribution >= 0.6 is 11.3 Å². The molecule has 0 radical (unpaired) electrons. The van der Waals surface area contributed by atoms with Crippen molar-refractivity contribution in [2.45, 2.75) is 95.4 Å². The Morgan fingerprint density at radius 1 is 0.739 bits per heavy atom. The van der Waals surface area contributed by atoms with Crippen molar-refractivity contribution in [1.82, 2.24) is 0 Å². The molecule has 0 amide bonds. The molecule has 0 aliphatic carbocycles. The van der Waals surface area contributed by atoms with Gasteiger partial charge in [-0.25, -0.2) is 0 Å². The normalized spacial score (nSPS) is 13.8. The minimum Gasteiger partial charge on any atom is -0.149 e. The maximum atomic E-state index is 2.34. The first-order valence-corrected chi connectivity index (χ1v) is 9.85. The van der Waals surface area contributed by atoms with Gasteiger partial charge in [-0.15, -0.1) is 11.3 Å². The zero-order chi connectivity index (χ0) is 18.7. The number of hydrogen-bond acceptors (Lipinski definition) is 1. The predicted octanol–water partition coefficient (Wildman–Crippen LogP) is 8.39. The van der Waals surface area contributed by atoms with Gasteiger partial charge in [0.1, 0.15) is 0 Å². The molecule has 1 rings (SSSR count). The molecule has 0 saturated heterocycles. The third-order valence-electron chi connectivity index (χ3n) is 3.62. The summed E-state index contributed by atoms with van der Waals surface area (Å²) < 4.78 is 0. The quantitative estimate of drug-likeness (QED) is 0.482. The number of rotatable bonds is 1. The van der Waals surface area contributed by atoms with Crippen molar-refractivity contribution in [3.63, 3.8) is 0 Å². The van der Waals surface area contributed by atoms with E-state index < -0.39 is 0 Å². The summed E-state index contributed by atoms with van der Waals surface area (Å²) in [6, 6.07) is 4.43. The van der Waals surface area contributed by atoms with Crippen LogP contribution in [0.2, 0.25) is 0 Å². The van der Waals surface area contributed by atoms with E-state index in [1.165, 1.54) is 11.3 Å². The smallest absolute Gasteiger partial charge is 0.00866 e. The van der Waals surface area contributed by atoms with Gasteiger partial charge in [0.2, 0.25) is 0 Å². The van der Waals surface area contributed by atoms with E-state index in [0.29, 0.717) is 27.6 Å². The lowest BCUT2D eigenvalue weighted by Crippen LogP contribution is -2.29. The topological polar surface area (TPSA) is 0 Å². The summed E-state index contributed by atoms with van der Waals surface area (Å²) >= 11 is 1.88. The van der Waals surface area contributed by atoms with Crippen molar-refractivity contribution in [2.24, 2.45) is 21.7 Å². The van der Waals surface area contributed by atoms with Gasteiger partial charge in [-0.1, -0.05) is 89.2 Å². The van der Waals surface area contributed by atoms with Gasteiger partial charge in [0.05, 0.1) is 0 Å². The van der Waals surface area contributed by atoms with Crippen LogP contribution in [0, 0.1) is 21.7 Å². The van der Waals surface area contributed by atoms with Crippen molar-refractivity contribution in [2.75, 3.05) is 0 Å². The molecule has 1 aromatic rings. The second kappa shape index (κ2) is 7.72. The van der Waals surface area contributed by atoms with E-state index in [0.717, 1.165) is 0 Å². The Kier molecular flexibility index (Phi) is 7.62. The molecule has 1 heteroatoms. The third-order valence-corrected chi connectivity index (χ3v) is 4.56. The highest BCUT2D eigenvalue weighted by Crippen LogP contribution is 2.48. The van der Waals surface area contributed by atoms with E-state index in [1.807, 2.05) is 11.3 Å². The molecule has 0 aliphatic heterocycles. The Morgan fingerprint density at radius 2 is 1.13 bits per heavy atom. The molecule has 1 heterocycles. The summed E-state index contributed by atoms with van der Waals surface area (Å²) in [5, 5.41) is 2.18. The molecule has 0 atom stereocenters. The van der Waals surface area contributed by atoms with E-state index in [1.54, 1.807) is 0 Å². The summed E-state index contributed by atoms with van der Waals surface area (Å²) in [5.74, 6) is 0.634. The molecule has 1 aromatic heterocycles. The average molecular weight is 339 g/mol. The summed E-state index contributed by atoms with van der Waals surface area (Å²) in [5.41, 5.74) is 1.64. The highest BCUT2D eigenvalue weighted by molar-refractivity contribution is 7.10. The first-order valence-electron chi connectivity index (χ1n) is 8.97. The molecule has 23 heavy (non-hydrogen) atoms. The number of hydrogen-bond donors (Lipinski definition) is 0. The summed E-state index contributed by atoms with van der Waals surface area (Å²) in [4.78, 5) is 1.52. The van der Waals surface area contributed by atoms with Gasteiger partial charge in [-0.05, 0) is 39.5 Å². The summed E-state index contributed by atoms with van der Waals surface area (Å²) in [6.45, 7) is 27.8. The third kappa shape index (κ3) is 10.2. The van der Waals surface area contributed by atoms with Crippen LogP contribution in [0.15, 0.2) is 17.5 Å². The van der Waals surface area contributed by atoms with Crippen LogP contribution in [0.3, 0.4) is 0 Å². The molecule has 0 fully saturated rings. The van der Waals surface area contributed by atoms with Gasteiger partial charge in [0.15, 0.2) is 0 Å². The first kappa shape index (κ1) is 22.7. The van der Waals surface area contributed by atoms with Gasteiger partial charge < -0.3 is 0 Å². The van der Waals surface area contributed by atoms with Gasteiger partial charge >= 0.3 is 0 Å². The molecular formula is C22H42S. The van der Waals surface area contributed by atoms with E-state index in [2.05, 4.69) is 101 Å². The van der Waals surface area contributed by atoms with Crippen LogP contribution < -0.4 is 0 Å². The zero-order valence-electron chi connectivity index (χ0n) is 17.9. The minimum absolute atomic E-state index is 0.336. The number of thiophene rings is 1. The minimum atomic E-state index is 0.336. The lowest BCUT2D eigenvalue weighted by Gasteiger charge is -2.40. The van der Waals surface area contributed by atoms with Crippen LogP contribution in [0.1, 0.15) is 100 Å². The van der Waals surface area contributed by atoms with E-state index >= 15 is 0 Å². The van der Waals surface area contributed by atoms with Crippen LogP contribution in [0.5, 0.6) is 0 Å². The largest absolute Gasteiger partial charge is 0.149 e. The van der Waals surface area contributed by atoms with Crippen LogP contribution in [-0.2, 0) is 0 Å². The summed E-state index contributed by atoms with van der Waals surface area (Å²) in [7, 11) is 0. The Balaban J connectivity index is 0.000000468. The fraction of sp³-hybridized carbons (Fsp3) is 0.818. The Hall–Kier alpha value is -0.300. The van der Waals surface area contributed by atoms with Crippen molar-refractivity contribution in [1.29, 1.82) is 0 Å². The second-order valence-electron chi connectivity index (χ2n) is 11.5. The zero-order valence-corrected chi connectivity index (χ0v) is 18.7. The van der Waals surface area contributed by atoms with Crippen molar-refractivity contribution < 1.29 is 0 Å². The molecule has 0 aliphatic rings. The lowest BCUT2D eigenvalue weighted by molar-refractivity contribution is 0.179. The molecule has 0 spiro atoms. The van der Waals surface area contributed by atoms with Gasteiger partial charge in [0.25, 0.3) is 0 Å². The molecule has 0 N–H and O–H groups in total. The Morgan fingerprint density at radius 3 is 1.30 bits per heavy atom. The molecule has 0 aromatic carbocycles. The highest BCUT2D eigenvalue weighted by Gasteiger charge is 2.36. The predicted molar refractivity (Wildman–Crippen MR) is 109 cm³/mol. The van der Waals surface area contributed by atoms with Gasteiger partial charge in [0, 0.05) is 10.8 Å². The molecule has 0 bridgehead atoms. The summed E-state index contributed by atoms with van der Waals surface area (Å²) in [6.07, 6.45) is 1.29. The van der Waals surface area contributed by atoms with E-state index in [4.69, 9.17) is 0 Å². The maximum Gasteiger partial charge on any atom is 0.00866 e. The fourth-order valence-electron chi connectivity index (χ4n) is 4.20. The van der Waals surface area contributed by atoms with Crippen molar-refractivity contribution in [3.05, 3.63) is 22.4 Å². The van der Waals surface area contributed by atoms with Crippen LogP contribution in [0.25, 0.3) is 0 Å². The van der Waals surface area contributed by atoms with Crippen molar-refractivity contribution >= 4 is 11.3 Å². The first-order chi connectivity index (χ1) is 9.93. The molecule has 136 valence electrons. The molecule has 0 nitrogen and oxygen atoms in total. The standard InChI is InChI=1S/C13H22S.C9H20/c1-12(2,3)11(13(4,5)6)10-8-7-9-14-10;1-8(2,3)7-9(4,5)6/h7-9,11H,1-6H3;7H2,1-6H3. The van der Waals surface area contributed by atoms with E-state index in [-0.39, 0.29) is 0 Å².